The summed E-state index contributed by atoms with van der Waals surface area (Å²) in [6, 6.07) is 3.93. The third-order valence-corrected chi connectivity index (χ3v) is 1.06. The second kappa shape index (κ2) is 2.88. The van der Waals surface area contributed by atoms with E-state index in [1.165, 1.54) is 0 Å². The van der Waals surface area contributed by atoms with E-state index < -0.39 is 0 Å². The van der Waals surface area contributed by atoms with Crippen LogP contribution < -0.4 is 0 Å². The smallest absolute Gasteiger partial charge is 0.0625 e. The molecule has 1 N–H and O–H groups in total. The van der Waals surface area contributed by atoms with Gasteiger partial charge in [0.2, 0.25) is 0 Å². The van der Waals surface area contributed by atoms with Gasteiger partial charge >= 0.3 is 0 Å². The number of hydrogen-bond donors (Lipinski definition) is 1. The van der Waals surface area contributed by atoms with Crippen molar-refractivity contribution >= 4 is 0 Å². The number of rotatable bonds is 2. The minimum atomic E-state index is 0.558. The first-order valence-electron chi connectivity index (χ1n) is 2.78. The molecule has 0 aromatic carbocycles. The lowest BCUT2D eigenvalue weighted by molar-refractivity contribution is 0.922. The van der Waals surface area contributed by atoms with Crippen LogP contribution in [0, 0.1) is 11.3 Å². The van der Waals surface area contributed by atoms with Crippen molar-refractivity contribution in [2.75, 3.05) is 0 Å². The third-order valence-electron chi connectivity index (χ3n) is 1.06. The van der Waals surface area contributed by atoms with Crippen LogP contribution >= 0.6 is 0 Å². The minimum absolute atomic E-state index is 0.558. The zero-order chi connectivity index (χ0) is 6.53. The average molecular weight is 121 g/mol. The Kier molecular flexibility index (Phi) is 1.86. The largest absolute Gasteiger partial charge is 0.283 e. The number of nitrogens with zero attached hydrogens (tertiary/aromatic N) is 2. The van der Waals surface area contributed by atoms with Gasteiger partial charge in [0, 0.05) is 24.7 Å². The molecule has 0 spiro atoms. The lowest BCUT2D eigenvalue weighted by Crippen LogP contribution is -1.82. The standard InChI is InChI=1S/C6H7N3/c7-4-1-2-6-3-5-8-9-6/h3,5H,1-2H2,(H,8,9). The van der Waals surface area contributed by atoms with Crippen LogP contribution in [0.1, 0.15) is 12.1 Å². The summed E-state index contributed by atoms with van der Waals surface area (Å²) >= 11 is 0. The predicted molar refractivity (Wildman–Crippen MR) is 32.5 cm³/mol. The number of aryl methyl sites for hydroxylation is 1. The Morgan fingerprint density at radius 3 is 3.22 bits per heavy atom. The minimum Gasteiger partial charge on any atom is -0.283 e. The van der Waals surface area contributed by atoms with Crippen molar-refractivity contribution in [2.45, 2.75) is 12.8 Å². The summed E-state index contributed by atoms with van der Waals surface area (Å²) < 4.78 is 0. The molecule has 1 rings (SSSR count). The van der Waals surface area contributed by atoms with Crippen LogP contribution in [0.25, 0.3) is 0 Å². The zero-order valence-corrected chi connectivity index (χ0v) is 4.96. The Labute approximate surface area is 53.3 Å². The molecule has 0 unspecified atom stereocenters. The molecular weight excluding hydrogens is 114 g/mol. The first-order valence-corrected chi connectivity index (χ1v) is 2.78. The molecule has 46 valence electrons. The number of nitriles is 1. The van der Waals surface area contributed by atoms with Crippen molar-refractivity contribution in [3.05, 3.63) is 18.0 Å². The van der Waals surface area contributed by atoms with E-state index in [1.54, 1.807) is 6.20 Å². The quantitative estimate of drug-likeness (QED) is 0.631. The van der Waals surface area contributed by atoms with E-state index in [9.17, 15) is 0 Å². The number of aromatic amines is 1. The molecule has 0 atom stereocenters. The number of aromatic nitrogens is 2. The summed E-state index contributed by atoms with van der Waals surface area (Å²) in [5.41, 5.74) is 1.02. The summed E-state index contributed by atoms with van der Waals surface area (Å²) in [4.78, 5) is 0. The SMILES string of the molecule is N#CCCc1ccn[nH]1. The fourth-order valence-electron chi connectivity index (χ4n) is 0.614. The van der Waals surface area contributed by atoms with Gasteiger partial charge in [0.25, 0.3) is 0 Å². The van der Waals surface area contributed by atoms with Crippen molar-refractivity contribution in [3.63, 3.8) is 0 Å². The first kappa shape index (κ1) is 5.83. The maximum atomic E-state index is 8.18. The van der Waals surface area contributed by atoms with Crippen LogP contribution in [-0.4, -0.2) is 10.2 Å². The van der Waals surface area contributed by atoms with Crippen LogP contribution in [0.15, 0.2) is 12.3 Å². The predicted octanol–water partition coefficient (Wildman–Crippen LogP) is 0.866. The van der Waals surface area contributed by atoms with Gasteiger partial charge in [-0.25, -0.2) is 0 Å². The van der Waals surface area contributed by atoms with Gasteiger partial charge in [-0.2, -0.15) is 10.4 Å². The van der Waals surface area contributed by atoms with Gasteiger partial charge < -0.3 is 0 Å². The van der Waals surface area contributed by atoms with Crippen LogP contribution in [0.3, 0.4) is 0 Å². The van der Waals surface area contributed by atoms with E-state index in [-0.39, 0.29) is 0 Å². The number of hydrogen-bond acceptors (Lipinski definition) is 2. The summed E-state index contributed by atoms with van der Waals surface area (Å²) in [7, 11) is 0. The molecule has 0 amide bonds. The molecule has 3 heteroatoms. The molecule has 0 radical (unpaired) electrons. The molecule has 3 nitrogen and oxygen atoms in total. The Hall–Kier alpha value is -1.30. The molecule has 0 saturated carbocycles. The van der Waals surface area contributed by atoms with E-state index in [0.717, 1.165) is 12.1 Å². The number of nitrogens with one attached hydrogen (secondary N) is 1. The summed E-state index contributed by atoms with van der Waals surface area (Å²) in [5, 5.41) is 14.7. The second-order valence-electron chi connectivity index (χ2n) is 1.74. The molecular formula is C6H7N3. The summed E-state index contributed by atoms with van der Waals surface area (Å²) in [6.45, 7) is 0. The Bertz CT molecular complexity index is 195. The monoisotopic (exact) mass is 121 g/mol. The van der Waals surface area contributed by atoms with Crippen LogP contribution in [0.5, 0.6) is 0 Å². The molecule has 0 aliphatic rings. The van der Waals surface area contributed by atoms with E-state index >= 15 is 0 Å². The van der Waals surface area contributed by atoms with Gasteiger partial charge in [-0.15, -0.1) is 0 Å². The molecule has 0 fully saturated rings. The number of H-pyrrole nitrogens is 1. The van der Waals surface area contributed by atoms with E-state index in [4.69, 9.17) is 5.26 Å². The highest BCUT2D eigenvalue weighted by Gasteiger charge is 1.89. The first-order chi connectivity index (χ1) is 4.43. The molecule has 0 aliphatic heterocycles. The highest BCUT2D eigenvalue weighted by molar-refractivity contribution is 4.98. The van der Waals surface area contributed by atoms with Gasteiger partial charge in [-0.1, -0.05) is 0 Å². The molecule has 1 aromatic rings. The van der Waals surface area contributed by atoms with Gasteiger partial charge in [0.15, 0.2) is 0 Å². The topological polar surface area (TPSA) is 52.5 Å². The van der Waals surface area contributed by atoms with Crippen molar-refractivity contribution in [3.8, 4) is 6.07 Å². The van der Waals surface area contributed by atoms with Crippen LogP contribution in [0.2, 0.25) is 0 Å². The van der Waals surface area contributed by atoms with Crippen molar-refractivity contribution < 1.29 is 0 Å². The molecule has 1 aromatic heterocycles. The van der Waals surface area contributed by atoms with Gasteiger partial charge in [-0.05, 0) is 6.07 Å². The second-order valence-corrected chi connectivity index (χ2v) is 1.74. The van der Waals surface area contributed by atoms with Crippen LogP contribution in [-0.2, 0) is 6.42 Å². The van der Waals surface area contributed by atoms with Crippen molar-refractivity contribution in [1.82, 2.24) is 10.2 Å². The fourth-order valence-corrected chi connectivity index (χ4v) is 0.614. The van der Waals surface area contributed by atoms with E-state index in [1.807, 2.05) is 6.07 Å². The highest BCUT2D eigenvalue weighted by atomic mass is 15.1. The van der Waals surface area contributed by atoms with E-state index in [2.05, 4.69) is 16.3 Å². The fraction of sp³-hybridized carbons (Fsp3) is 0.333. The summed E-state index contributed by atoms with van der Waals surface area (Å²) in [5.74, 6) is 0. The van der Waals surface area contributed by atoms with Crippen molar-refractivity contribution in [1.29, 1.82) is 5.26 Å². The van der Waals surface area contributed by atoms with Crippen LogP contribution in [0.4, 0.5) is 0 Å². The van der Waals surface area contributed by atoms with Gasteiger partial charge in [-0.3, -0.25) is 5.10 Å². The Balaban J connectivity index is 2.41. The molecule has 0 aliphatic carbocycles. The Morgan fingerprint density at radius 1 is 1.78 bits per heavy atom. The van der Waals surface area contributed by atoms with Gasteiger partial charge in [0.1, 0.15) is 0 Å². The molecule has 0 bridgehead atoms. The highest BCUT2D eigenvalue weighted by Crippen LogP contribution is 1.94. The molecule has 9 heavy (non-hydrogen) atoms. The Morgan fingerprint density at radius 2 is 2.67 bits per heavy atom. The average Bonchev–Trinajstić information content (AvgIpc) is 2.34. The third kappa shape index (κ3) is 1.57. The normalized spacial score (nSPS) is 8.78. The van der Waals surface area contributed by atoms with E-state index in [0.29, 0.717) is 6.42 Å². The maximum absolute atomic E-state index is 8.18. The summed E-state index contributed by atoms with van der Waals surface area (Å²) in [6.07, 6.45) is 3.02. The van der Waals surface area contributed by atoms with Crippen molar-refractivity contribution in [2.24, 2.45) is 0 Å². The zero-order valence-electron chi connectivity index (χ0n) is 4.96. The maximum Gasteiger partial charge on any atom is 0.0625 e. The molecule has 0 saturated heterocycles. The lowest BCUT2D eigenvalue weighted by Gasteiger charge is -1.84. The van der Waals surface area contributed by atoms with Gasteiger partial charge in [0.05, 0.1) is 6.07 Å². The molecule has 1 heterocycles. The lowest BCUT2D eigenvalue weighted by atomic mass is 10.2.